The van der Waals surface area contributed by atoms with Crippen LogP contribution < -0.4 is 14.9 Å². The van der Waals surface area contributed by atoms with Crippen molar-refractivity contribution in [3.63, 3.8) is 0 Å². The fourth-order valence-corrected chi connectivity index (χ4v) is 3.41. The summed E-state index contributed by atoms with van der Waals surface area (Å²) >= 11 is 0. The Kier molecular flexibility index (Phi) is 6.56. The van der Waals surface area contributed by atoms with E-state index in [1.54, 1.807) is 30.3 Å². The van der Waals surface area contributed by atoms with Gasteiger partial charge in [0.25, 0.3) is 0 Å². The Labute approximate surface area is 196 Å². The lowest BCUT2D eigenvalue weighted by Gasteiger charge is -2.13. The smallest absolute Gasteiger partial charge is 0.354 e. The molecular formula is C28H21NO5. The summed E-state index contributed by atoms with van der Waals surface area (Å²) in [6.07, 6.45) is 2.69. The second-order valence-corrected chi connectivity index (χ2v) is 7.85. The zero-order chi connectivity index (χ0) is 24.1. The van der Waals surface area contributed by atoms with E-state index in [1.165, 1.54) is 30.5 Å². The van der Waals surface area contributed by atoms with Crippen molar-refractivity contribution < 1.29 is 18.7 Å². The Morgan fingerprint density at radius 1 is 1.00 bits per heavy atom. The molecule has 1 heterocycles. The Morgan fingerprint density at radius 3 is 2.47 bits per heavy atom. The monoisotopic (exact) mass is 451 g/mol. The highest BCUT2D eigenvalue weighted by atomic mass is 16.5. The first-order chi connectivity index (χ1) is 16.5. The molecule has 0 saturated heterocycles. The maximum absolute atomic E-state index is 13.0. The lowest BCUT2D eigenvalue weighted by molar-refractivity contribution is -0.129. The first kappa shape index (κ1) is 22.6. The van der Waals surface area contributed by atoms with Crippen LogP contribution in [0.5, 0.6) is 17.2 Å². The van der Waals surface area contributed by atoms with Crippen molar-refractivity contribution in [2.24, 2.45) is 0 Å². The van der Waals surface area contributed by atoms with E-state index in [2.05, 4.69) is 0 Å². The summed E-state index contributed by atoms with van der Waals surface area (Å²) in [5.74, 6) is 0.203. The van der Waals surface area contributed by atoms with E-state index in [9.17, 15) is 14.9 Å². The molecule has 0 aliphatic rings. The lowest BCUT2D eigenvalue weighted by Crippen LogP contribution is -2.10. The highest BCUT2D eigenvalue weighted by Gasteiger charge is 2.16. The van der Waals surface area contributed by atoms with E-state index in [1.807, 2.05) is 44.2 Å². The third-order valence-corrected chi connectivity index (χ3v) is 5.14. The van der Waals surface area contributed by atoms with E-state index in [0.29, 0.717) is 11.3 Å². The highest BCUT2D eigenvalue weighted by Crippen LogP contribution is 2.30. The average Bonchev–Trinajstić information content (AvgIpc) is 2.85. The second kappa shape index (κ2) is 9.88. The largest absolute Gasteiger partial charge is 0.460 e. The number of hydrogen-bond acceptors (Lipinski definition) is 6. The van der Waals surface area contributed by atoms with Gasteiger partial charge in [0.2, 0.25) is 11.2 Å². The van der Waals surface area contributed by atoms with Gasteiger partial charge >= 0.3 is 5.97 Å². The molecule has 1 aromatic heterocycles. The summed E-state index contributed by atoms with van der Waals surface area (Å²) in [6, 6.07) is 22.8. The van der Waals surface area contributed by atoms with Gasteiger partial charge in [0.15, 0.2) is 0 Å². The van der Waals surface area contributed by atoms with Crippen LogP contribution in [-0.2, 0) is 4.79 Å². The highest BCUT2D eigenvalue weighted by molar-refractivity contribution is 5.99. The molecule has 0 aliphatic heterocycles. The normalized spacial score (nSPS) is 11.3. The molecule has 6 nitrogen and oxygen atoms in total. The summed E-state index contributed by atoms with van der Waals surface area (Å²) in [4.78, 5) is 25.4. The van der Waals surface area contributed by atoms with Crippen molar-refractivity contribution >= 4 is 23.0 Å². The van der Waals surface area contributed by atoms with Crippen LogP contribution in [0.15, 0.2) is 93.8 Å². The molecule has 168 valence electrons. The van der Waals surface area contributed by atoms with Crippen molar-refractivity contribution in [3.05, 3.63) is 106 Å². The van der Waals surface area contributed by atoms with Crippen LogP contribution in [0.25, 0.3) is 17.0 Å². The van der Waals surface area contributed by atoms with Crippen molar-refractivity contribution in [3.8, 4) is 23.3 Å². The number of fused-ring (bicyclic) bond motifs is 1. The van der Waals surface area contributed by atoms with Crippen molar-refractivity contribution in [1.29, 1.82) is 5.26 Å². The number of nitrogens with zero attached hydrogens (tertiary/aromatic N) is 1. The zero-order valence-electron chi connectivity index (χ0n) is 18.6. The first-order valence-corrected chi connectivity index (χ1v) is 10.7. The standard InChI is InChI=1S/C28H21NO5/c1-18(2)22-10-6-7-11-24(22)34-26-17-32-25-15-21(12-13-23(25)27(26)30)33-28(31)20(16-29)14-19-8-4-3-5-9-19/h3-15,17-18H,1-2H3/b20-14+. The molecule has 0 N–H and O–H groups in total. The molecule has 0 bridgehead atoms. The predicted molar refractivity (Wildman–Crippen MR) is 129 cm³/mol. The molecule has 0 aliphatic carbocycles. The van der Waals surface area contributed by atoms with Gasteiger partial charge in [0.1, 0.15) is 35.0 Å². The Balaban J connectivity index is 1.59. The van der Waals surface area contributed by atoms with E-state index in [4.69, 9.17) is 13.9 Å². The van der Waals surface area contributed by atoms with Gasteiger partial charge in [-0.1, -0.05) is 62.4 Å². The van der Waals surface area contributed by atoms with Gasteiger partial charge in [-0.25, -0.2) is 4.79 Å². The number of hydrogen-bond donors (Lipinski definition) is 0. The molecule has 0 atom stereocenters. The topological polar surface area (TPSA) is 89.5 Å². The molecular weight excluding hydrogens is 430 g/mol. The Bertz CT molecular complexity index is 1480. The first-order valence-electron chi connectivity index (χ1n) is 10.7. The van der Waals surface area contributed by atoms with Gasteiger partial charge in [0, 0.05) is 6.07 Å². The fourth-order valence-electron chi connectivity index (χ4n) is 3.41. The summed E-state index contributed by atoms with van der Waals surface area (Å²) < 4.78 is 16.8. The number of rotatable bonds is 6. The summed E-state index contributed by atoms with van der Waals surface area (Å²) in [6.45, 7) is 4.08. The van der Waals surface area contributed by atoms with Gasteiger partial charge in [-0.2, -0.15) is 5.26 Å². The average molecular weight is 451 g/mol. The number of ether oxygens (including phenoxy) is 2. The van der Waals surface area contributed by atoms with Crippen LogP contribution in [0.3, 0.4) is 0 Å². The molecule has 34 heavy (non-hydrogen) atoms. The molecule has 0 unspecified atom stereocenters. The van der Waals surface area contributed by atoms with Crippen LogP contribution in [0, 0.1) is 11.3 Å². The van der Waals surface area contributed by atoms with Gasteiger partial charge in [-0.15, -0.1) is 0 Å². The summed E-state index contributed by atoms with van der Waals surface area (Å²) in [7, 11) is 0. The van der Waals surface area contributed by atoms with Crippen molar-refractivity contribution in [1.82, 2.24) is 0 Å². The van der Waals surface area contributed by atoms with E-state index in [0.717, 1.165) is 5.56 Å². The molecule has 3 aromatic carbocycles. The third kappa shape index (κ3) is 4.89. The number of benzene rings is 3. The maximum Gasteiger partial charge on any atom is 0.354 e. The minimum absolute atomic E-state index is 0.0582. The van der Waals surface area contributed by atoms with Crippen molar-refractivity contribution in [2.75, 3.05) is 0 Å². The quantitative estimate of drug-likeness (QED) is 0.150. The number of para-hydroxylation sites is 1. The van der Waals surface area contributed by atoms with E-state index in [-0.39, 0.29) is 39.4 Å². The molecule has 6 heteroatoms. The molecule has 4 rings (SSSR count). The van der Waals surface area contributed by atoms with Crippen molar-refractivity contribution in [2.45, 2.75) is 19.8 Å². The Hall–Kier alpha value is -4.63. The van der Waals surface area contributed by atoms with Crippen LogP contribution >= 0.6 is 0 Å². The fraction of sp³-hybridized carbons (Fsp3) is 0.107. The second-order valence-electron chi connectivity index (χ2n) is 7.85. The number of carbonyl (C=O) groups excluding carboxylic acids is 1. The minimum atomic E-state index is -0.807. The third-order valence-electron chi connectivity index (χ3n) is 5.14. The van der Waals surface area contributed by atoms with Crippen LogP contribution in [0.1, 0.15) is 30.9 Å². The lowest BCUT2D eigenvalue weighted by atomic mass is 10.0. The van der Waals surface area contributed by atoms with Crippen LogP contribution in [0.4, 0.5) is 0 Å². The summed E-state index contributed by atoms with van der Waals surface area (Å²) in [5.41, 5.74) is 1.40. The summed E-state index contributed by atoms with van der Waals surface area (Å²) in [5, 5.41) is 9.63. The molecule has 0 amide bonds. The minimum Gasteiger partial charge on any atom is -0.460 e. The predicted octanol–water partition coefficient (Wildman–Crippen LogP) is 6.22. The van der Waals surface area contributed by atoms with E-state index >= 15 is 0 Å². The number of carbonyl (C=O) groups is 1. The molecule has 0 saturated carbocycles. The van der Waals surface area contributed by atoms with Crippen LogP contribution in [0.2, 0.25) is 0 Å². The molecule has 0 radical (unpaired) electrons. The zero-order valence-corrected chi connectivity index (χ0v) is 18.6. The number of esters is 1. The molecule has 4 aromatic rings. The molecule has 0 spiro atoms. The van der Waals surface area contributed by atoms with Gasteiger partial charge < -0.3 is 13.9 Å². The van der Waals surface area contributed by atoms with E-state index < -0.39 is 5.97 Å². The maximum atomic E-state index is 13.0. The SMILES string of the molecule is CC(C)c1ccccc1Oc1coc2cc(OC(=O)/C(C#N)=C/c3ccccc3)ccc2c1=O. The van der Waals surface area contributed by atoms with Crippen LogP contribution in [-0.4, -0.2) is 5.97 Å². The van der Waals surface area contributed by atoms with Gasteiger partial charge in [0.05, 0.1) is 5.39 Å². The Morgan fingerprint density at radius 2 is 1.74 bits per heavy atom. The molecule has 0 fully saturated rings. The van der Waals surface area contributed by atoms with Gasteiger partial charge in [-0.05, 0) is 41.3 Å². The van der Waals surface area contributed by atoms with Gasteiger partial charge in [-0.3, -0.25) is 4.79 Å². The number of nitriles is 1.